The van der Waals surface area contributed by atoms with Gasteiger partial charge >= 0.3 is 5.97 Å². The van der Waals surface area contributed by atoms with Crippen molar-refractivity contribution >= 4 is 11.9 Å². The molecule has 2 atom stereocenters. The van der Waals surface area contributed by atoms with Gasteiger partial charge in [0.25, 0.3) is 5.91 Å². The number of hydrogen-bond acceptors (Lipinski definition) is 3. The first-order chi connectivity index (χ1) is 10.0. The van der Waals surface area contributed by atoms with Crippen molar-refractivity contribution in [1.29, 1.82) is 0 Å². The van der Waals surface area contributed by atoms with Crippen molar-refractivity contribution in [2.24, 2.45) is 11.8 Å². The molecule has 0 saturated heterocycles. The summed E-state index contributed by atoms with van der Waals surface area (Å²) in [6.45, 7) is 2.99. The van der Waals surface area contributed by atoms with Crippen molar-refractivity contribution in [2.75, 3.05) is 0 Å². The molecule has 0 bridgehead atoms. The molecule has 1 aliphatic heterocycles. The minimum absolute atomic E-state index is 0.307. The highest BCUT2D eigenvalue weighted by Crippen LogP contribution is 2.33. The molecular weight excluding hydrogens is 270 g/mol. The van der Waals surface area contributed by atoms with Gasteiger partial charge in [-0.3, -0.25) is 9.48 Å². The highest BCUT2D eigenvalue weighted by atomic mass is 16.4. The lowest BCUT2D eigenvalue weighted by atomic mass is 9.96. The summed E-state index contributed by atoms with van der Waals surface area (Å²) in [4.78, 5) is 23.6. The zero-order chi connectivity index (χ0) is 15.0. The fourth-order valence-corrected chi connectivity index (χ4v) is 2.93. The fourth-order valence-electron chi connectivity index (χ4n) is 2.93. The van der Waals surface area contributed by atoms with E-state index in [0.29, 0.717) is 23.8 Å². The molecule has 2 N–H and O–H groups in total. The van der Waals surface area contributed by atoms with Gasteiger partial charge in [0.1, 0.15) is 6.04 Å². The Morgan fingerprint density at radius 1 is 1.48 bits per heavy atom. The van der Waals surface area contributed by atoms with Crippen LogP contribution < -0.4 is 5.32 Å². The third-order valence-corrected chi connectivity index (χ3v) is 4.44. The Bertz CT molecular complexity index is 563. The third-order valence-electron chi connectivity index (χ3n) is 4.44. The van der Waals surface area contributed by atoms with E-state index < -0.39 is 12.0 Å². The van der Waals surface area contributed by atoms with Gasteiger partial charge in [0.2, 0.25) is 0 Å². The molecular formula is C15H21N3O3. The molecule has 2 aliphatic rings. The Kier molecular flexibility index (Phi) is 3.69. The molecule has 1 saturated carbocycles. The first-order valence-corrected chi connectivity index (χ1v) is 7.63. The molecule has 0 spiro atoms. The predicted molar refractivity (Wildman–Crippen MR) is 75.9 cm³/mol. The third kappa shape index (κ3) is 3.09. The van der Waals surface area contributed by atoms with Gasteiger partial charge in [-0.15, -0.1) is 0 Å². The highest BCUT2D eigenvalue weighted by Gasteiger charge is 2.31. The number of carboxylic acids is 1. The molecule has 3 rings (SSSR count). The van der Waals surface area contributed by atoms with Crippen LogP contribution in [-0.4, -0.2) is 32.8 Å². The summed E-state index contributed by atoms with van der Waals surface area (Å²) in [6, 6.07) is -0.790. The number of hydrogen-bond donors (Lipinski definition) is 2. The van der Waals surface area contributed by atoms with Crippen LogP contribution in [0.1, 0.15) is 48.7 Å². The van der Waals surface area contributed by atoms with Crippen LogP contribution in [0.3, 0.4) is 0 Å². The molecule has 0 aromatic carbocycles. The van der Waals surface area contributed by atoms with Crippen molar-refractivity contribution in [3.8, 4) is 0 Å². The lowest BCUT2D eigenvalue weighted by Gasteiger charge is -2.21. The van der Waals surface area contributed by atoms with Crippen molar-refractivity contribution in [3.05, 3.63) is 17.5 Å². The quantitative estimate of drug-likeness (QED) is 0.860. The van der Waals surface area contributed by atoms with Gasteiger partial charge in [0, 0.05) is 6.54 Å². The molecule has 21 heavy (non-hydrogen) atoms. The van der Waals surface area contributed by atoms with E-state index in [2.05, 4.69) is 17.3 Å². The topological polar surface area (TPSA) is 84.2 Å². The van der Waals surface area contributed by atoms with Gasteiger partial charge < -0.3 is 10.4 Å². The highest BCUT2D eigenvalue weighted by molar-refractivity contribution is 5.97. The molecule has 6 heteroatoms. The van der Waals surface area contributed by atoms with Crippen LogP contribution in [0.15, 0.2) is 6.20 Å². The number of aromatic nitrogens is 2. The molecule has 1 aromatic rings. The summed E-state index contributed by atoms with van der Waals surface area (Å²) in [6.07, 6.45) is 6.12. The molecule has 2 heterocycles. The first kappa shape index (κ1) is 14.1. The number of carbonyl (C=O) groups excluding carboxylic acids is 1. The van der Waals surface area contributed by atoms with Crippen molar-refractivity contribution in [2.45, 2.75) is 51.6 Å². The van der Waals surface area contributed by atoms with Crippen molar-refractivity contribution < 1.29 is 14.7 Å². The number of fused-ring (bicyclic) bond motifs is 1. The number of aryl methyl sites for hydroxylation is 1. The van der Waals surface area contributed by atoms with Gasteiger partial charge in [0.05, 0.1) is 17.5 Å². The monoisotopic (exact) mass is 291 g/mol. The SMILES string of the molecule is CC1CCn2ncc(C(=O)NC(CC3CC3)C(=O)O)c2C1. The van der Waals surface area contributed by atoms with Crippen LogP contribution in [-0.2, 0) is 17.8 Å². The van der Waals surface area contributed by atoms with Crippen LogP contribution in [0.4, 0.5) is 0 Å². The minimum Gasteiger partial charge on any atom is -0.480 e. The van der Waals surface area contributed by atoms with Crippen LogP contribution in [0.5, 0.6) is 0 Å². The van der Waals surface area contributed by atoms with Gasteiger partial charge in [0.15, 0.2) is 0 Å². The van der Waals surface area contributed by atoms with E-state index >= 15 is 0 Å². The number of carbonyl (C=O) groups is 2. The summed E-state index contributed by atoms with van der Waals surface area (Å²) in [5.41, 5.74) is 1.46. The van der Waals surface area contributed by atoms with Crippen molar-refractivity contribution in [3.63, 3.8) is 0 Å². The second-order valence-corrected chi connectivity index (χ2v) is 6.37. The maximum Gasteiger partial charge on any atom is 0.326 e. The molecule has 1 fully saturated rings. The molecule has 1 aromatic heterocycles. The van der Waals surface area contributed by atoms with Crippen LogP contribution >= 0.6 is 0 Å². The Morgan fingerprint density at radius 3 is 2.90 bits per heavy atom. The number of nitrogens with zero attached hydrogens (tertiary/aromatic N) is 2. The van der Waals surface area contributed by atoms with Gasteiger partial charge in [-0.1, -0.05) is 19.8 Å². The second-order valence-electron chi connectivity index (χ2n) is 6.37. The van der Waals surface area contributed by atoms with Gasteiger partial charge in [-0.05, 0) is 31.1 Å². The lowest BCUT2D eigenvalue weighted by molar-refractivity contribution is -0.139. The van der Waals surface area contributed by atoms with Crippen LogP contribution in [0.25, 0.3) is 0 Å². The number of rotatable bonds is 5. The largest absolute Gasteiger partial charge is 0.480 e. The Labute approximate surface area is 123 Å². The molecule has 1 aliphatic carbocycles. The number of amides is 1. The summed E-state index contributed by atoms with van der Waals surface area (Å²) in [7, 11) is 0. The van der Waals surface area contributed by atoms with E-state index in [4.69, 9.17) is 0 Å². The number of carboxylic acid groups (broad SMARTS) is 1. The second kappa shape index (κ2) is 5.50. The number of aliphatic carboxylic acids is 1. The zero-order valence-electron chi connectivity index (χ0n) is 12.2. The first-order valence-electron chi connectivity index (χ1n) is 7.63. The van der Waals surface area contributed by atoms with Gasteiger partial charge in [-0.25, -0.2) is 4.79 Å². The smallest absolute Gasteiger partial charge is 0.326 e. The normalized spacial score (nSPS) is 22.4. The van der Waals surface area contributed by atoms with Crippen molar-refractivity contribution in [1.82, 2.24) is 15.1 Å². The van der Waals surface area contributed by atoms with E-state index in [1.807, 2.05) is 4.68 Å². The van der Waals surface area contributed by atoms with E-state index in [1.54, 1.807) is 6.20 Å². The maximum atomic E-state index is 12.4. The van der Waals surface area contributed by atoms with Crippen LogP contribution in [0, 0.1) is 11.8 Å². The Hall–Kier alpha value is -1.85. The van der Waals surface area contributed by atoms with E-state index in [9.17, 15) is 14.7 Å². The fraction of sp³-hybridized carbons (Fsp3) is 0.667. The summed E-state index contributed by atoms with van der Waals surface area (Å²) >= 11 is 0. The average molecular weight is 291 g/mol. The average Bonchev–Trinajstić information content (AvgIpc) is 3.15. The summed E-state index contributed by atoms with van der Waals surface area (Å²) in [5.74, 6) is -0.280. The van der Waals surface area contributed by atoms with Crippen LogP contribution in [0.2, 0.25) is 0 Å². The summed E-state index contributed by atoms with van der Waals surface area (Å²) in [5, 5.41) is 16.2. The predicted octanol–water partition coefficient (Wildman–Crippen LogP) is 1.45. The standard InChI is InChI=1S/C15H21N3O3/c1-9-4-5-18-13(6-9)11(8-16-18)14(19)17-12(15(20)21)7-10-2-3-10/h8-10,12H,2-7H2,1H3,(H,17,19)(H,20,21). The molecule has 6 nitrogen and oxygen atoms in total. The van der Waals surface area contributed by atoms with Gasteiger partial charge in [-0.2, -0.15) is 5.10 Å². The molecule has 2 unspecified atom stereocenters. The summed E-state index contributed by atoms with van der Waals surface area (Å²) < 4.78 is 1.87. The Morgan fingerprint density at radius 2 is 2.24 bits per heavy atom. The minimum atomic E-state index is -0.954. The molecule has 0 radical (unpaired) electrons. The maximum absolute atomic E-state index is 12.4. The zero-order valence-corrected chi connectivity index (χ0v) is 12.2. The molecule has 114 valence electrons. The van der Waals surface area contributed by atoms with E-state index in [-0.39, 0.29) is 5.91 Å². The number of nitrogens with one attached hydrogen (secondary N) is 1. The lowest BCUT2D eigenvalue weighted by Crippen LogP contribution is -2.41. The van der Waals surface area contributed by atoms with E-state index in [0.717, 1.165) is 37.9 Å². The van der Waals surface area contributed by atoms with E-state index in [1.165, 1.54) is 0 Å². The molecule has 1 amide bonds. The Balaban J connectivity index is 1.72.